The summed E-state index contributed by atoms with van der Waals surface area (Å²) in [5.41, 5.74) is 0.704. The minimum Gasteiger partial charge on any atom is -0.496 e. The lowest BCUT2D eigenvalue weighted by Crippen LogP contribution is -2.27. The topological polar surface area (TPSA) is 60.4 Å². The van der Waals surface area contributed by atoms with Gasteiger partial charge in [0.25, 0.3) is 0 Å². The molecule has 0 aromatic heterocycles. The summed E-state index contributed by atoms with van der Waals surface area (Å²) in [5, 5.41) is -0.979. The molecule has 0 amide bonds. The molecule has 0 saturated heterocycles. The van der Waals surface area contributed by atoms with Crippen LogP contribution in [0.4, 0.5) is 0 Å². The molecule has 0 aliphatic heterocycles. The average Bonchev–Trinajstić information content (AvgIpc) is 2.27. The van der Waals surface area contributed by atoms with Crippen LogP contribution in [0.2, 0.25) is 0 Å². The third-order valence-corrected chi connectivity index (χ3v) is 4.20. The van der Waals surface area contributed by atoms with E-state index in [1.807, 2.05) is 0 Å². The number of benzene rings is 1. The maximum absolute atomic E-state index is 11.8. The van der Waals surface area contributed by atoms with Crippen molar-refractivity contribution in [2.24, 2.45) is 0 Å². The maximum Gasteiger partial charge on any atom is 0.157 e. The Morgan fingerprint density at radius 1 is 1.35 bits per heavy atom. The number of methoxy groups -OCH3 is 1. The van der Waals surface area contributed by atoms with E-state index in [-0.39, 0.29) is 12.2 Å². The van der Waals surface area contributed by atoms with Crippen molar-refractivity contribution in [2.45, 2.75) is 18.6 Å². The summed E-state index contributed by atoms with van der Waals surface area (Å²) in [4.78, 5) is 11.8. The Morgan fingerprint density at radius 3 is 2.47 bits per heavy atom. The fourth-order valence-electron chi connectivity index (χ4n) is 1.42. The molecule has 1 rings (SSSR count). The molecular formula is C12H16O4S. The largest absolute Gasteiger partial charge is 0.496 e. The second-order valence-corrected chi connectivity index (χ2v) is 6.29. The van der Waals surface area contributed by atoms with Crippen molar-refractivity contribution in [3.05, 3.63) is 29.8 Å². The van der Waals surface area contributed by atoms with Crippen LogP contribution >= 0.6 is 0 Å². The van der Waals surface area contributed by atoms with Crippen LogP contribution < -0.4 is 4.74 Å². The Kier molecular flexibility index (Phi) is 4.28. The van der Waals surface area contributed by atoms with Crippen LogP contribution in [0.5, 0.6) is 5.75 Å². The van der Waals surface area contributed by atoms with Crippen molar-refractivity contribution < 1.29 is 17.9 Å². The van der Waals surface area contributed by atoms with Gasteiger partial charge in [-0.25, -0.2) is 8.42 Å². The van der Waals surface area contributed by atoms with Crippen LogP contribution in [-0.4, -0.2) is 32.8 Å². The molecule has 0 spiro atoms. The van der Waals surface area contributed by atoms with E-state index in [1.54, 1.807) is 24.3 Å². The van der Waals surface area contributed by atoms with Gasteiger partial charge in [0, 0.05) is 18.2 Å². The Balaban J connectivity index is 2.89. The van der Waals surface area contributed by atoms with Gasteiger partial charge in [0.2, 0.25) is 0 Å². The number of rotatable bonds is 5. The lowest BCUT2D eigenvalue weighted by Gasteiger charge is -2.10. The molecule has 0 bridgehead atoms. The molecule has 0 N–H and O–H groups in total. The molecule has 4 nitrogen and oxygen atoms in total. The highest BCUT2D eigenvalue weighted by Crippen LogP contribution is 2.19. The van der Waals surface area contributed by atoms with Gasteiger partial charge in [0.1, 0.15) is 11.0 Å². The minimum atomic E-state index is -3.33. The first kappa shape index (κ1) is 13.7. The van der Waals surface area contributed by atoms with Gasteiger partial charge < -0.3 is 4.74 Å². The zero-order valence-electron chi connectivity index (χ0n) is 10.1. The van der Waals surface area contributed by atoms with E-state index in [4.69, 9.17) is 4.74 Å². The van der Waals surface area contributed by atoms with Gasteiger partial charge in [-0.3, -0.25) is 4.79 Å². The van der Waals surface area contributed by atoms with Crippen molar-refractivity contribution >= 4 is 15.6 Å². The normalized spacial score (nSPS) is 13.1. The van der Waals surface area contributed by atoms with Crippen molar-refractivity contribution in [3.63, 3.8) is 0 Å². The molecule has 5 heteroatoms. The first-order valence-corrected chi connectivity index (χ1v) is 7.15. The number of carbonyl (C=O) groups is 1. The molecule has 94 valence electrons. The Hall–Kier alpha value is -1.36. The van der Waals surface area contributed by atoms with E-state index < -0.39 is 15.1 Å². The van der Waals surface area contributed by atoms with Crippen LogP contribution in [0, 0.1) is 0 Å². The van der Waals surface area contributed by atoms with E-state index in [9.17, 15) is 13.2 Å². The second-order valence-electron chi connectivity index (χ2n) is 3.93. The Morgan fingerprint density at radius 2 is 1.94 bits per heavy atom. The quantitative estimate of drug-likeness (QED) is 0.795. The van der Waals surface area contributed by atoms with E-state index >= 15 is 0 Å². The van der Waals surface area contributed by atoms with E-state index in [0.717, 1.165) is 6.26 Å². The summed E-state index contributed by atoms with van der Waals surface area (Å²) in [6, 6.07) is 7.09. The smallest absolute Gasteiger partial charge is 0.157 e. The monoisotopic (exact) mass is 256 g/mol. The molecule has 1 aromatic rings. The fourth-order valence-corrected chi connectivity index (χ4v) is 1.98. The van der Waals surface area contributed by atoms with Gasteiger partial charge in [0.05, 0.1) is 7.11 Å². The molecule has 0 aliphatic carbocycles. The summed E-state index contributed by atoms with van der Waals surface area (Å²) in [6.07, 6.45) is 1.13. The number of Topliss-reactive ketones (excluding diaryl/α,β-unsaturated/α-hetero) is 1. The number of hydrogen-bond acceptors (Lipinski definition) is 4. The number of sulfone groups is 1. The van der Waals surface area contributed by atoms with Crippen LogP contribution in [0.15, 0.2) is 24.3 Å². The molecule has 1 aromatic carbocycles. The minimum absolute atomic E-state index is 0.0677. The first-order valence-electron chi connectivity index (χ1n) is 5.19. The van der Waals surface area contributed by atoms with Gasteiger partial charge in [0.15, 0.2) is 15.6 Å². The third-order valence-electron chi connectivity index (χ3n) is 2.65. The average molecular weight is 256 g/mol. The highest BCUT2D eigenvalue weighted by atomic mass is 32.2. The fraction of sp³-hybridized carbons (Fsp3) is 0.417. The Labute approximate surface area is 102 Å². The summed E-state index contributed by atoms with van der Waals surface area (Å²) < 4.78 is 27.6. The molecule has 0 fully saturated rings. The highest BCUT2D eigenvalue weighted by molar-refractivity contribution is 7.92. The zero-order chi connectivity index (χ0) is 13.1. The van der Waals surface area contributed by atoms with Crippen LogP contribution in [0.1, 0.15) is 12.5 Å². The molecule has 1 atom stereocenters. The molecule has 0 radical (unpaired) electrons. The number of para-hydroxylation sites is 1. The predicted molar refractivity (Wildman–Crippen MR) is 66.0 cm³/mol. The van der Waals surface area contributed by atoms with Crippen LogP contribution in [-0.2, 0) is 21.1 Å². The summed E-state index contributed by atoms with van der Waals surface area (Å²) in [5.74, 6) is 0.276. The lowest BCUT2D eigenvalue weighted by molar-refractivity contribution is -0.117. The number of ether oxygens (including phenoxy) is 1. The molecule has 0 saturated carbocycles. The first-order chi connectivity index (χ1) is 7.86. The molecule has 1 unspecified atom stereocenters. The number of hydrogen-bond donors (Lipinski definition) is 0. The van der Waals surface area contributed by atoms with Crippen LogP contribution in [0.25, 0.3) is 0 Å². The summed E-state index contributed by atoms with van der Waals surface area (Å²) >= 11 is 0. The standard InChI is InChI=1S/C12H16O4S/c1-9(17(3,14)15)11(13)8-10-6-4-5-7-12(10)16-2/h4-7,9H,8H2,1-3H3. The number of ketones is 1. The second kappa shape index (κ2) is 5.31. The van der Waals surface area contributed by atoms with Crippen molar-refractivity contribution in [1.82, 2.24) is 0 Å². The van der Waals surface area contributed by atoms with Gasteiger partial charge in [-0.15, -0.1) is 0 Å². The van der Waals surface area contributed by atoms with E-state index in [2.05, 4.69) is 0 Å². The van der Waals surface area contributed by atoms with Crippen LogP contribution in [0.3, 0.4) is 0 Å². The van der Waals surface area contributed by atoms with Crippen molar-refractivity contribution in [2.75, 3.05) is 13.4 Å². The lowest BCUT2D eigenvalue weighted by atomic mass is 10.1. The zero-order valence-corrected chi connectivity index (χ0v) is 11.0. The van der Waals surface area contributed by atoms with Crippen molar-refractivity contribution in [3.8, 4) is 5.75 Å². The van der Waals surface area contributed by atoms with Gasteiger partial charge in [-0.1, -0.05) is 18.2 Å². The predicted octanol–water partition coefficient (Wildman–Crippen LogP) is 1.24. The highest BCUT2D eigenvalue weighted by Gasteiger charge is 2.24. The molecular weight excluding hydrogens is 240 g/mol. The molecule has 0 heterocycles. The summed E-state index contributed by atoms with van der Waals surface area (Å²) in [7, 11) is -1.81. The van der Waals surface area contributed by atoms with E-state index in [0.29, 0.717) is 11.3 Å². The summed E-state index contributed by atoms with van der Waals surface area (Å²) in [6.45, 7) is 1.41. The number of carbonyl (C=O) groups excluding carboxylic acids is 1. The third kappa shape index (κ3) is 3.56. The van der Waals surface area contributed by atoms with E-state index in [1.165, 1.54) is 14.0 Å². The van der Waals surface area contributed by atoms with Gasteiger partial charge in [-0.2, -0.15) is 0 Å². The molecule has 17 heavy (non-hydrogen) atoms. The maximum atomic E-state index is 11.8. The SMILES string of the molecule is COc1ccccc1CC(=O)C(C)S(C)(=O)=O. The van der Waals surface area contributed by atoms with Gasteiger partial charge >= 0.3 is 0 Å². The van der Waals surface area contributed by atoms with Crippen molar-refractivity contribution in [1.29, 1.82) is 0 Å². The van der Waals surface area contributed by atoms with Gasteiger partial charge in [-0.05, 0) is 13.0 Å². The molecule has 0 aliphatic rings. The Bertz CT molecular complexity index is 505.